The molecule has 2 aromatic heterocycles. The first kappa shape index (κ1) is 15.0. The minimum Gasteiger partial charge on any atom is -0.460 e. The van der Waals surface area contributed by atoms with E-state index in [4.69, 9.17) is 4.74 Å². The molecule has 0 amide bonds. The number of anilines is 1. The van der Waals surface area contributed by atoms with Crippen LogP contribution in [0.1, 0.15) is 32.9 Å². The first-order chi connectivity index (χ1) is 10.2. The summed E-state index contributed by atoms with van der Waals surface area (Å²) < 4.78 is 5.86. The molecular weight excluding hydrogens is 262 g/mol. The third-order valence-electron chi connectivity index (χ3n) is 3.11. The molecule has 0 atom stereocenters. The molecule has 0 bridgehead atoms. The van der Waals surface area contributed by atoms with Gasteiger partial charge in [-0.2, -0.15) is 0 Å². The monoisotopic (exact) mass is 283 g/mol. The fourth-order valence-corrected chi connectivity index (χ4v) is 2.05. The third kappa shape index (κ3) is 3.60. The number of aromatic nitrogens is 2. The van der Waals surface area contributed by atoms with Crippen LogP contribution in [0.4, 0.5) is 5.82 Å². The van der Waals surface area contributed by atoms with Crippen molar-refractivity contribution in [2.75, 3.05) is 12.4 Å². The number of nitrogens with zero attached hydrogens (tertiary/aromatic N) is 2. The fourth-order valence-electron chi connectivity index (χ4n) is 2.05. The van der Waals surface area contributed by atoms with Crippen molar-refractivity contribution in [3.05, 3.63) is 48.0 Å². The van der Waals surface area contributed by atoms with E-state index in [1.165, 1.54) is 0 Å². The van der Waals surface area contributed by atoms with Crippen LogP contribution in [0.2, 0.25) is 0 Å². The summed E-state index contributed by atoms with van der Waals surface area (Å²) in [7, 11) is 1.84. The van der Waals surface area contributed by atoms with E-state index >= 15 is 0 Å². The van der Waals surface area contributed by atoms with Crippen molar-refractivity contribution in [3.8, 4) is 0 Å². The fraction of sp³-hybridized carbons (Fsp3) is 0.294. The maximum Gasteiger partial charge on any atom is 0.148 e. The molecule has 0 unspecified atom stereocenters. The smallest absolute Gasteiger partial charge is 0.148 e. The molecule has 110 valence electrons. The molecule has 1 N–H and O–H groups in total. The van der Waals surface area contributed by atoms with Gasteiger partial charge in [0.05, 0.1) is 11.3 Å². The summed E-state index contributed by atoms with van der Waals surface area (Å²) in [6, 6.07) is 5.90. The van der Waals surface area contributed by atoms with Crippen LogP contribution in [0.25, 0.3) is 16.7 Å². The number of hydrogen-bond acceptors (Lipinski definition) is 4. The highest BCUT2D eigenvalue weighted by atomic mass is 16.5. The van der Waals surface area contributed by atoms with Crippen LogP contribution in [0.15, 0.2) is 42.3 Å². The number of rotatable bonds is 5. The van der Waals surface area contributed by atoms with Crippen molar-refractivity contribution < 1.29 is 4.74 Å². The summed E-state index contributed by atoms with van der Waals surface area (Å²) in [4.78, 5) is 8.95. The van der Waals surface area contributed by atoms with Gasteiger partial charge in [0.2, 0.25) is 0 Å². The van der Waals surface area contributed by atoms with Crippen molar-refractivity contribution in [2.45, 2.75) is 27.2 Å². The van der Waals surface area contributed by atoms with Gasteiger partial charge in [0, 0.05) is 24.7 Å². The second-order valence-electron chi connectivity index (χ2n) is 4.69. The van der Waals surface area contributed by atoms with Gasteiger partial charge in [-0.15, -0.1) is 0 Å². The van der Waals surface area contributed by atoms with Gasteiger partial charge in [0.1, 0.15) is 17.3 Å². The molecule has 0 aliphatic heterocycles. The summed E-state index contributed by atoms with van der Waals surface area (Å²) in [5.74, 6) is 2.46. The molecule has 2 rings (SSSR count). The van der Waals surface area contributed by atoms with Gasteiger partial charge < -0.3 is 10.1 Å². The first-order valence-corrected chi connectivity index (χ1v) is 7.13. The molecule has 0 aromatic carbocycles. The molecular formula is C17H21N3O. The Labute approximate surface area is 125 Å². The van der Waals surface area contributed by atoms with E-state index in [0.717, 1.165) is 40.4 Å². The molecule has 0 spiro atoms. The SMILES string of the molecule is C/C=C(\O/C(C)=C/CC)c1ccc2cnc(NC)cc2n1. The zero-order valence-electron chi connectivity index (χ0n) is 13.0. The minimum atomic E-state index is 0.766. The summed E-state index contributed by atoms with van der Waals surface area (Å²) in [5, 5.41) is 4.03. The Balaban J connectivity index is 2.38. The van der Waals surface area contributed by atoms with Gasteiger partial charge in [-0.1, -0.05) is 6.92 Å². The Hall–Kier alpha value is -2.36. The maximum atomic E-state index is 5.86. The number of hydrogen-bond donors (Lipinski definition) is 1. The molecule has 2 aromatic rings. The van der Waals surface area contributed by atoms with Gasteiger partial charge in [0.25, 0.3) is 0 Å². The molecule has 0 aliphatic carbocycles. The first-order valence-electron chi connectivity index (χ1n) is 7.13. The molecule has 0 aliphatic rings. The highest BCUT2D eigenvalue weighted by Crippen LogP contribution is 2.22. The predicted octanol–water partition coefficient (Wildman–Crippen LogP) is 4.36. The zero-order chi connectivity index (χ0) is 15.2. The van der Waals surface area contributed by atoms with Crippen LogP contribution < -0.4 is 5.32 Å². The molecule has 0 saturated heterocycles. The number of pyridine rings is 2. The van der Waals surface area contributed by atoms with Crippen LogP contribution in [-0.2, 0) is 4.74 Å². The van der Waals surface area contributed by atoms with E-state index in [1.54, 1.807) is 0 Å². The van der Waals surface area contributed by atoms with Crippen molar-refractivity contribution in [1.29, 1.82) is 0 Å². The van der Waals surface area contributed by atoms with Gasteiger partial charge >= 0.3 is 0 Å². The topological polar surface area (TPSA) is 47.0 Å². The van der Waals surface area contributed by atoms with E-state index < -0.39 is 0 Å². The van der Waals surface area contributed by atoms with Crippen molar-refractivity contribution in [1.82, 2.24) is 9.97 Å². The second kappa shape index (κ2) is 6.88. The van der Waals surface area contributed by atoms with Crippen LogP contribution in [0.5, 0.6) is 0 Å². The summed E-state index contributed by atoms with van der Waals surface area (Å²) in [6.07, 6.45) is 6.75. The predicted molar refractivity (Wildman–Crippen MR) is 87.9 cm³/mol. The van der Waals surface area contributed by atoms with Crippen LogP contribution in [0, 0.1) is 0 Å². The van der Waals surface area contributed by atoms with Crippen LogP contribution in [-0.4, -0.2) is 17.0 Å². The number of ether oxygens (including phenoxy) is 1. The Morgan fingerprint density at radius 3 is 2.86 bits per heavy atom. The molecule has 4 heteroatoms. The number of nitrogens with one attached hydrogen (secondary N) is 1. The molecule has 2 heterocycles. The standard InChI is InChI=1S/C17H21N3O/c1-5-7-12(3)21-16(6-2)14-9-8-13-11-19-17(18-4)10-15(13)20-14/h6-11H,5H2,1-4H3,(H,18,19)/b12-7+,16-6-. The van der Waals surface area contributed by atoms with Gasteiger partial charge in [0.15, 0.2) is 0 Å². The Morgan fingerprint density at radius 1 is 1.38 bits per heavy atom. The zero-order valence-corrected chi connectivity index (χ0v) is 13.0. The average molecular weight is 283 g/mol. The third-order valence-corrected chi connectivity index (χ3v) is 3.11. The lowest BCUT2D eigenvalue weighted by Crippen LogP contribution is -1.96. The molecule has 0 fully saturated rings. The lowest BCUT2D eigenvalue weighted by molar-refractivity contribution is 0.380. The van der Waals surface area contributed by atoms with E-state index in [2.05, 4.69) is 22.2 Å². The Bertz CT molecular complexity index is 689. The normalized spacial score (nSPS) is 12.6. The van der Waals surface area contributed by atoms with E-state index in [9.17, 15) is 0 Å². The van der Waals surface area contributed by atoms with Gasteiger partial charge in [-0.3, -0.25) is 0 Å². The second-order valence-corrected chi connectivity index (χ2v) is 4.69. The molecule has 0 saturated carbocycles. The number of allylic oxidation sites excluding steroid dienone is 3. The van der Waals surface area contributed by atoms with E-state index in [1.807, 2.05) is 57.4 Å². The highest BCUT2D eigenvalue weighted by molar-refractivity contribution is 5.81. The van der Waals surface area contributed by atoms with Gasteiger partial charge in [-0.25, -0.2) is 9.97 Å². The van der Waals surface area contributed by atoms with E-state index in [0.29, 0.717) is 0 Å². The molecule has 4 nitrogen and oxygen atoms in total. The Morgan fingerprint density at radius 2 is 2.19 bits per heavy atom. The van der Waals surface area contributed by atoms with Crippen molar-refractivity contribution in [2.24, 2.45) is 0 Å². The summed E-state index contributed by atoms with van der Waals surface area (Å²) in [5.41, 5.74) is 1.72. The minimum absolute atomic E-state index is 0.766. The van der Waals surface area contributed by atoms with E-state index in [-0.39, 0.29) is 0 Å². The highest BCUT2D eigenvalue weighted by Gasteiger charge is 2.07. The Kier molecular flexibility index (Phi) is 4.93. The van der Waals surface area contributed by atoms with Gasteiger partial charge in [-0.05, 0) is 44.6 Å². The molecule has 0 radical (unpaired) electrons. The summed E-state index contributed by atoms with van der Waals surface area (Å²) >= 11 is 0. The maximum absolute atomic E-state index is 5.86. The molecule has 21 heavy (non-hydrogen) atoms. The summed E-state index contributed by atoms with van der Waals surface area (Å²) in [6.45, 7) is 5.99. The van der Waals surface area contributed by atoms with Crippen LogP contribution in [0.3, 0.4) is 0 Å². The van der Waals surface area contributed by atoms with Crippen LogP contribution >= 0.6 is 0 Å². The van der Waals surface area contributed by atoms with Crippen molar-refractivity contribution >= 4 is 22.5 Å². The largest absolute Gasteiger partial charge is 0.460 e. The average Bonchev–Trinajstić information content (AvgIpc) is 2.51. The quantitative estimate of drug-likeness (QED) is 0.828. The number of fused-ring (bicyclic) bond motifs is 1. The van der Waals surface area contributed by atoms with Crippen molar-refractivity contribution in [3.63, 3.8) is 0 Å². The lowest BCUT2D eigenvalue weighted by Gasteiger charge is -2.10. The lowest BCUT2D eigenvalue weighted by atomic mass is 10.2.